The van der Waals surface area contributed by atoms with Crippen LogP contribution in [0.2, 0.25) is 0 Å². The predicted molar refractivity (Wildman–Crippen MR) is 128 cm³/mol. The van der Waals surface area contributed by atoms with E-state index in [1.807, 2.05) is 67.5 Å². The number of likely N-dealkylation sites (tertiary alicyclic amines) is 1. The number of alkyl halides is 3. The Morgan fingerprint density at radius 1 is 1.22 bits per heavy atom. The van der Waals surface area contributed by atoms with Crippen molar-refractivity contribution in [3.63, 3.8) is 0 Å². The second-order valence-corrected chi connectivity index (χ2v) is 9.39. The third-order valence-corrected chi connectivity index (χ3v) is 6.48. The minimum absolute atomic E-state index is 0.0713. The Balaban J connectivity index is 0.000000405. The maximum Gasteiger partial charge on any atom is 0.490 e. The van der Waals surface area contributed by atoms with Gasteiger partial charge in [-0.15, -0.1) is 0 Å². The maximum absolute atomic E-state index is 13.0. The Kier molecular flexibility index (Phi) is 7.56. The van der Waals surface area contributed by atoms with Crippen LogP contribution in [0.1, 0.15) is 34.6 Å². The number of carboxylic acids is 1. The molecule has 1 atom stereocenters. The third-order valence-electron chi connectivity index (χ3n) is 6.48. The molecule has 2 aliphatic heterocycles. The second kappa shape index (κ2) is 10.5. The number of ether oxygens (including phenoxy) is 2. The first-order valence-electron chi connectivity index (χ1n) is 11.8. The highest BCUT2D eigenvalue weighted by atomic mass is 19.4. The molecule has 1 amide bonds. The Labute approximate surface area is 211 Å². The molecular weight excluding hydrogens is 491 g/mol. The maximum atomic E-state index is 13.0. The number of hydrogen-bond acceptors (Lipinski definition) is 5. The summed E-state index contributed by atoms with van der Waals surface area (Å²) < 4.78 is 46.0. The van der Waals surface area contributed by atoms with Crippen molar-refractivity contribution >= 4 is 22.8 Å². The number of amides is 1. The molecule has 2 aliphatic rings. The molecule has 0 radical (unpaired) electrons. The van der Waals surface area contributed by atoms with E-state index in [1.54, 1.807) is 0 Å². The molecule has 2 aromatic heterocycles. The van der Waals surface area contributed by atoms with Gasteiger partial charge in [0.1, 0.15) is 5.60 Å². The van der Waals surface area contributed by atoms with Crippen LogP contribution >= 0.6 is 0 Å². The average Bonchev–Trinajstić information content (AvgIpc) is 3.21. The van der Waals surface area contributed by atoms with Gasteiger partial charge in [0.25, 0.3) is 5.91 Å². The molecule has 37 heavy (non-hydrogen) atoms. The van der Waals surface area contributed by atoms with E-state index in [4.69, 9.17) is 19.4 Å². The number of carbonyl (C=O) groups excluding carboxylic acids is 1. The molecule has 1 spiro atoms. The number of carboxylic acid groups (broad SMARTS) is 1. The molecule has 2 fully saturated rings. The van der Waals surface area contributed by atoms with E-state index in [2.05, 4.69) is 9.55 Å². The van der Waals surface area contributed by atoms with Crippen molar-refractivity contribution in [1.29, 1.82) is 0 Å². The fourth-order valence-corrected chi connectivity index (χ4v) is 4.62. The minimum Gasteiger partial charge on any atom is -0.475 e. The number of benzene rings is 1. The summed E-state index contributed by atoms with van der Waals surface area (Å²) in [6, 6.07) is 13.9. The van der Waals surface area contributed by atoms with E-state index in [1.165, 1.54) is 0 Å². The summed E-state index contributed by atoms with van der Waals surface area (Å²) in [6.45, 7) is 4.43. The Morgan fingerprint density at radius 2 is 1.95 bits per heavy atom. The van der Waals surface area contributed by atoms with Crippen LogP contribution in [0.3, 0.4) is 0 Å². The van der Waals surface area contributed by atoms with Gasteiger partial charge >= 0.3 is 12.1 Å². The lowest BCUT2D eigenvalue weighted by Crippen LogP contribution is -2.67. The van der Waals surface area contributed by atoms with E-state index in [9.17, 15) is 18.0 Å². The first-order valence-corrected chi connectivity index (χ1v) is 11.8. The molecule has 0 bridgehead atoms. The first kappa shape index (κ1) is 26.6. The van der Waals surface area contributed by atoms with E-state index < -0.39 is 12.1 Å². The highest BCUT2D eigenvalue weighted by Crippen LogP contribution is 2.36. The first-order chi connectivity index (χ1) is 17.5. The molecular formula is C26H28F3N3O5. The molecule has 5 rings (SSSR count). The topological polar surface area (TPSA) is 93.9 Å². The van der Waals surface area contributed by atoms with Gasteiger partial charge in [0.2, 0.25) is 0 Å². The average molecular weight is 520 g/mol. The van der Waals surface area contributed by atoms with Crippen molar-refractivity contribution in [2.24, 2.45) is 7.05 Å². The lowest BCUT2D eigenvalue weighted by atomic mass is 9.84. The van der Waals surface area contributed by atoms with E-state index in [0.29, 0.717) is 26.3 Å². The number of fused-ring (bicyclic) bond motifs is 1. The zero-order valence-electron chi connectivity index (χ0n) is 20.5. The van der Waals surface area contributed by atoms with Crippen LogP contribution in [-0.4, -0.2) is 69.0 Å². The summed E-state index contributed by atoms with van der Waals surface area (Å²) in [7, 11) is 2.01. The van der Waals surface area contributed by atoms with Crippen LogP contribution in [0, 0.1) is 6.92 Å². The quantitative estimate of drug-likeness (QED) is 0.558. The fraction of sp³-hybridized carbons (Fsp3) is 0.423. The van der Waals surface area contributed by atoms with E-state index >= 15 is 0 Å². The number of aliphatic carboxylic acids is 1. The summed E-state index contributed by atoms with van der Waals surface area (Å²) in [5, 5.41) is 8.21. The van der Waals surface area contributed by atoms with Gasteiger partial charge in [-0.1, -0.05) is 6.07 Å². The smallest absolute Gasteiger partial charge is 0.475 e. The second-order valence-electron chi connectivity index (χ2n) is 9.39. The van der Waals surface area contributed by atoms with Gasteiger partial charge in [-0.2, -0.15) is 13.2 Å². The highest BCUT2D eigenvalue weighted by molar-refractivity contribution is 5.98. The van der Waals surface area contributed by atoms with Gasteiger partial charge in [0.05, 0.1) is 31.5 Å². The summed E-state index contributed by atoms with van der Waals surface area (Å²) in [5.41, 5.74) is 3.55. The number of pyridine rings is 1. The molecule has 3 aromatic rings. The van der Waals surface area contributed by atoms with E-state index in [-0.39, 0.29) is 17.6 Å². The van der Waals surface area contributed by atoms with Crippen molar-refractivity contribution in [3.05, 3.63) is 65.6 Å². The molecule has 11 heteroatoms. The van der Waals surface area contributed by atoms with Crippen LogP contribution in [0.15, 0.2) is 48.7 Å². The van der Waals surface area contributed by atoms with Crippen molar-refractivity contribution in [3.8, 4) is 0 Å². The number of aromatic nitrogens is 2. The number of nitrogens with zero attached hydrogens (tertiary/aromatic N) is 3. The molecule has 198 valence electrons. The zero-order chi connectivity index (χ0) is 26.8. The predicted octanol–water partition coefficient (Wildman–Crippen LogP) is 4.11. The lowest BCUT2D eigenvalue weighted by Gasteiger charge is -2.53. The SMILES string of the molecule is Cc1cccc(COC2CCOC3(C2)CN(C(=O)c2ccc4c(ccn4C)c2)C3)n1.O=C(O)C(F)(F)F. The van der Waals surface area contributed by atoms with Gasteiger partial charge < -0.3 is 24.0 Å². The number of carbonyl (C=O) groups is 2. The molecule has 8 nitrogen and oxygen atoms in total. The molecule has 4 heterocycles. The molecule has 1 unspecified atom stereocenters. The van der Waals surface area contributed by atoms with Gasteiger partial charge in [0, 0.05) is 48.4 Å². The van der Waals surface area contributed by atoms with Gasteiger partial charge in [-0.3, -0.25) is 9.78 Å². The van der Waals surface area contributed by atoms with Crippen molar-refractivity contribution in [1.82, 2.24) is 14.5 Å². The van der Waals surface area contributed by atoms with Crippen molar-refractivity contribution < 1.29 is 37.3 Å². The van der Waals surface area contributed by atoms with Crippen LogP contribution in [0.25, 0.3) is 10.9 Å². The Morgan fingerprint density at radius 3 is 2.62 bits per heavy atom. The van der Waals surface area contributed by atoms with E-state index in [0.717, 1.165) is 40.7 Å². The molecule has 1 N–H and O–H groups in total. The fourth-order valence-electron chi connectivity index (χ4n) is 4.62. The monoisotopic (exact) mass is 519 g/mol. The molecule has 2 saturated heterocycles. The lowest BCUT2D eigenvalue weighted by molar-refractivity contribution is -0.192. The molecule has 1 aromatic carbocycles. The zero-order valence-corrected chi connectivity index (χ0v) is 20.5. The Bertz CT molecular complexity index is 1280. The highest BCUT2D eigenvalue weighted by Gasteiger charge is 2.49. The summed E-state index contributed by atoms with van der Waals surface area (Å²) in [4.78, 5) is 28.2. The summed E-state index contributed by atoms with van der Waals surface area (Å²) in [6.07, 6.45) is -1.23. The summed E-state index contributed by atoms with van der Waals surface area (Å²) in [5.74, 6) is -2.69. The van der Waals surface area contributed by atoms with Crippen LogP contribution < -0.4 is 0 Å². The van der Waals surface area contributed by atoms with Crippen molar-refractivity contribution in [2.45, 2.75) is 44.3 Å². The number of hydrogen-bond donors (Lipinski definition) is 1. The van der Waals surface area contributed by atoms with Gasteiger partial charge in [0.15, 0.2) is 0 Å². The molecule has 0 aliphatic carbocycles. The Hall–Kier alpha value is -3.44. The summed E-state index contributed by atoms with van der Waals surface area (Å²) >= 11 is 0. The van der Waals surface area contributed by atoms with Crippen LogP contribution in [0.5, 0.6) is 0 Å². The van der Waals surface area contributed by atoms with Crippen LogP contribution in [-0.2, 0) is 27.9 Å². The van der Waals surface area contributed by atoms with Crippen molar-refractivity contribution in [2.75, 3.05) is 19.7 Å². The number of aryl methyl sites for hydroxylation is 2. The van der Waals surface area contributed by atoms with Gasteiger partial charge in [-0.25, -0.2) is 4.79 Å². The standard InChI is InChI=1S/C24H27N3O3.C2HF3O2/c1-17-4-3-5-20(25-17)14-29-21-9-11-30-24(13-21)15-27(16-24)23(28)19-6-7-22-18(12-19)8-10-26(22)2;3-2(4,5)1(6)7/h3-8,10,12,21H,9,11,13-16H2,1-2H3;(H,6,7). The number of rotatable bonds is 4. The minimum atomic E-state index is -5.08. The molecule has 0 saturated carbocycles. The largest absolute Gasteiger partial charge is 0.490 e. The normalized spacial score (nSPS) is 18.7. The van der Waals surface area contributed by atoms with Crippen LogP contribution in [0.4, 0.5) is 13.2 Å². The van der Waals surface area contributed by atoms with Gasteiger partial charge in [-0.05, 0) is 49.7 Å². The third kappa shape index (κ3) is 6.28. The number of halogens is 3.